The maximum Gasteiger partial charge on any atom is 0.0664 e. The molecule has 0 radical (unpaired) electrons. The van der Waals surface area contributed by atoms with E-state index in [0.717, 1.165) is 6.42 Å². The van der Waals surface area contributed by atoms with Crippen LogP contribution in [0.25, 0.3) is 0 Å². The molecule has 0 unspecified atom stereocenters. The van der Waals surface area contributed by atoms with Gasteiger partial charge in [-0.1, -0.05) is 6.08 Å². The van der Waals surface area contributed by atoms with E-state index >= 15 is 0 Å². The predicted molar refractivity (Wildman–Crippen MR) is 45.1 cm³/mol. The number of hydrogen-bond acceptors (Lipinski definition) is 1. The summed E-state index contributed by atoms with van der Waals surface area (Å²) in [5.74, 6) is 0. The minimum absolute atomic E-state index is 0.0457. The third-order valence-corrected chi connectivity index (χ3v) is 1.19. The van der Waals surface area contributed by atoms with E-state index < -0.39 is 0 Å². The lowest BCUT2D eigenvalue weighted by Crippen LogP contribution is -2.27. The lowest BCUT2D eigenvalue weighted by molar-refractivity contribution is -0.0530. The molecular formula is C9H18O. The zero-order chi connectivity index (χ0) is 8.20. The van der Waals surface area contributed by atoms with E-state index in [4.69, 9.17) is 4.74 Å². The van der Waals surface area contributed by atoms with Crippen LogP contribution in [0.3, 0.4) is 0 Å². The van der Waals surface area contributed by atoms with Gasteiger partial charge in [-0.25, -0.2) is 0 Å². The largest absolute Gasteiger partial charge is 0.373 e. The van der Waals surface area contributed by atoms with E-state index in [9.17, 15) is 0 Å². The Labute approximate surface area is 64.1 Å². The van der Waals surface area contributed by atoms with Gasteiger partial charge < -0.3 is 4.74 Å². The van der Waals surface area contributed by atoms with Gasteiger partial charge in [0, 0.05) is 0 Å². The van der Waals surface area contributed by atoms with Gasteiger partial charge in [0.05, 0.1) is 11.7 Å². The number of hydrogen-bond donors (Lipinski definition) is 0. The Kier molecular flexibility index (Phi) is 3.66. The maximum absolute atomic E-state index is 5.61. The summed E-state index contributed by atoms with van der Waals surface area (Å²) < 4.78 is 5.61. The molecule has 0 fully saturated rings. The van der Waals surface area contributed by atoms with Crippen molar-refractivity contribution < 1.29 is 4.74 Å². The first kappa shape index (κ1) is 9.70. The maximum atomic E-state index is 5.61. The van der Waals surface area contributed by atoms with Crippen LogP contribution in [0.5, 0.6) is 0 Å². The van der Waals surface area contributed by atoms with E-state index in [1.54, 1.807) is 0 Å². The van der Waals surface area contributed by atoms with Crippen molar-refractivity contribution in [1.29, 1.82) is 0 Å². The van der Waals surface area contributed by atoms with Crippen molar-refractivity contribution in [3.8, 4) is 0 Å². The molecule has 1 heteroatoms. The lowest BCUT2D eigenvalue weighted by atomic mass is 10.1. The van der Waals surface area contributed by atoms with E-state index in [2.05, 4.69) is 20.4 Å². The Balaban J connectivity index is 3.73. The Morgan fingerprint density at radius 3 is 2.30 bits per heavy atom. The monoisotopic (exact) mass is 142 g/mol. The molecule has 0 rings (SSSR count). The zero-order valence-electron chi connectivity index (χ0n) is 7.48. The molecule has 0 aromatic heterocycles. The van der Waals surface area contributed by atoms with Crippen LogP contribution >= 0.6 is 0 Å². The van der Waals surface area contributed by atoms with Gasteiger partial charge in [0.15, 0.2) is 0 Å². The molecule has 1 nitrogen and oxygen atoms in total. The van der Waals surface area contributed by atoms with Crippen LogP contribution in [-0.2, 0) is 4.74 Å². The summed E-state index contributed by atoms with van der Waals surface area (Å²) in [6.45, 7) is 11.9. The molecule has 0 saturated heterocycles. The fourth-order valence-corrected chi connectivity index (χ4v) is 1.03. The SMILES string of the molecule is C=CCC(C)(C)OC(C)C. The Morgan fingerprint density at radius 2 is 2.00 bits per heavy atom. The standard InChI is InChI=1S/C9H18O/c1-6-7-9(4,5)10-8(2)3/h6,8H,1,7H2,2-5H3. The summed E-state index contributed by atoms with van der Waals surface area (Å²) in [7, 11) is 0. The highest BCUT2D eigenvalue weighted by atomic mass is 16.5. The molecule has 0 spiro atoms. The van der Waals surface area contributed by atoms with Crippen molar-refractivity contribution in [2.24, 2.45) is 0 Å². The highest BCUT2D eigenvalue weighted by molar-refractivity contribution is 4.80. The predicted octanol–water partition coefficient (Wildman–Crippen LogP) is 2.77. The second-order valence-corrected chi connectivity index (χ2v) is 3.42. The third-order valence-electron chi connectivity index (χ3n) is 1.19. The molecule has 0 aromatic carbocycles. The fourth-order valence-electron chi connectivity index (χ4n) is 1.03. The van der Waals surface area contributed by atoms with Crippen LogP contribution in [0.1, 0.15) is 34.1 Å². The van der Waals surface area contributed by atoms with Gasteiger partial charge in [-0.15, -0.1) is 6.58 Å². The smallest absolute Gasteiger partial charge is 0.0664 e. The molecule has 0 aliphatic heterocycles. The molecule has 0 N–H and O–H groups in total. The van der Waals surface area contributed by atoms with Crippen LogP contribution in [0.15, 0.2) is 12.7 Å². The molecular weight excluding hydrogens is 124 g/mol. The van der Waals surface area contributed by atoms with Gasteiger partial charge >= 0.3 is 0 Å². The highest BCUT2D eigenvalue weighted by Crippen LogP contribution is 2.16. The van der Waals surface area contributed by atoms with Crippen molar-refractivity contribution in [3.63, 3.8) is 0 Å². The first-order valence-corrected chi connectivity index (χ1v) is 3.76. The molecule has 0 heterocycles. The van der Waals surface area contributed by atoms with Gasteiger partial charge in [0.1, 0.15) is 0 Å². The van der Waals surface area contributed by atoms with Crippen molar-refractivity contribution in [1.82, 2.24) is 0 Å². The molecule has 0 saturated carbocycles. The topological polar surface area (TPSA) is 9.23 Å². The third kappa shape index (κ3) is 4.57. The molecule has 0 bridgehead atoms. The molecule has 60 valence electrons. The summed E-state index contributed by atoms with van der Waals surface area (Å²) in [6, 6.07) is 0. The van der Waals surface area contributed by atoms with Crippen molar-refractivity contribution >= 4 is 0 Å². The summed E-state index contributed by atoms with van der Waals surface area (Å²) in [5.41, 5.74) is -0.0457. The van der Waals surface area contributed by atoms with Crippen LogP contribution in [0.2, 0.25) is 0 Å². The second-order valence-electron chi connectivity index (χ2n) is 3.42. The molecule has 10 heavy (non-hydrogen) atoms. The molecule has 0 aliphatic rings. The minimum Gasteiger partial charge on any atom is -0.373 e. The Morgan fingerprint density at radius 1 is 1.50 bits per heavy atom. The first-order chi connectivity index (χ1) is 4.48. The summed E-state index contributed by atoms with van der Waals surface area (Å²) in [4.78, 5) is 0. The number of ether oxygens (including phenoxy) is 1. The molecule has 0 atom stereocenters. The van der Waals surface area contributed by atoms with E-state index in [1.165, 1.54) is 0 Å². The minimum atomic E-state index is -0.0457. The molecule has 0 amide bonds. The summed E-state index contributed by atoms with van der Waals surface area (Å²) in [6.07, 6.45) is 3.10. The second kappa shape index (κ2) is 3.77. The van der Waals surface area contributed by atoms with Crippen LogP contribution in [-0.4, -0.2) is 11.7 Å². The molecule has 0 aliphatic carbocycles. The van der Waals surface area contributed by atoms with Crippen molar-refractivity contribution in [3.05, 3.63) is 12.7 Å². The zero-order valence-corrected chi connectivity index (χ0v) is 7.48. The van der Waals surface area contributed by atoms with Crippen LogP contribution < -0.4 is 0 Å². The van der Waals surface area contributed by atoms with E-state index in [-0.39, 0.29) is 5.60 Å². The Hall–Kier alpha value is -0.300. The molecule has 0 aromatic rings. The van der Waals surface area contributed by atoms with Gasteiger partial charge in [0.25, 0.3) is 0 Å². The first-order valence-electron chi connectivity index (χ1n) is 3.76. The Bertz CT molecular complexity index is 103. The fraction of sp³-hybridized carbons (Fsp3) is 0.778. The average molecular weight is 142 g/mol. The van der Waals surface area contributed by atoms with Crippen molar-refractivity contribution in [2.45, 2.75) is 45.8 Å². The van der Waals surface area contributed by atoms with Gasteiger partial charge in [-0.05, 0) is 34.1 Å². The van der Waals surface area contributed by atoms with Gasteiger partial charge in [-0.2, -0.15) is 0 Å². The van der Waals surface area contributed by atoms with E-state index in [1.807, 2.05) is 19.9 Å². The summed E-state index contributed by atoms with van der Waals surface area (Å²) in [5, 5.41) is 0. The number of rotatable bonds is 4. The van der Waals surface area contributed by atoms with Crippen molar-refractivity contribution in [2.75, 3.05) is 0 Å². The van der Waals surface area contributed by atoms with Gasteiger partial charge in [0.2, 0.25) is 0 Å². The van der Waals surface area contributed by atoms with Gasteiger partial charge in [-0.3, -0.25) is 0 Å². The lowest BCUT2D eigenvalue weighted by Gasteiger charge is -2.26. The summed E-state index contributed by atoms with van der Waals surface area (Å²) >= 11 is 0. The van der Waals surface area contributed by atoms with E-state index in [0.29, 0.717) is 6.10 Å². The highest BCUT2D eigenvalue weighted by Gasteiger charge is 2.17. The van der Waals surface area contributed by atoms with Crippen LogP contribution in [0, 0.1) is 0 Å². The van der Waals surface area contributed by atoms with Crippen LogP contribution in [0.4, 0.5) is 0 Å². The quantitative estimate of drug-likeness (QED) is 0.548. The normalized spacial score (nSPS) is 12.1. The average Bonchev–Trinajstić information content (AvgIpc) is 1.59.